The average molecular weight is 254 g/mol. The lowest BCUT2D eigenvalue weighted by Gasteiger charge is -2.36. The van der Waals surface area contributed by atoms with Crippen molar-refractivity contribution in [2.45, 2.75) is 31.7 Å². The van der Waals surface area contributed by atoms with Crippen molar-refractivity contribution in [2.24, 2.45) is 0 Å². The fourth-order valence-corrected chi connectivity index (χ4v) is 2.34. The standard InChI is InChI=1S/C12H16BrN/c1-2-14-12-7-10(8-12)9-3-5-11(13)6-4-9/h3-6,10,12,14H,2,7-8H2,1H3. The molecule has 2 rings (SSSR count). The van der Waals surface area contributed by atoms with Crippen LogP contribution in [0.3, 0.4) is 0 Å². The van der Waals surface area contributed by atoms with Gasteiger partial charge >= 0.3 is 0 Å². The maximum atomic E-state index is 3.48. The first-order valence-corrected chi connectivity index (χ1v) is 6.07. The summed E-state index contributed by atoms with van der Waals surface area (Å²) < 4.78 is 1.17. The predicted molar refractivity (Wildman–Crippen MR) is 63.6 cm³/mol. The van der Waals surface area contributed by atoms with E-state index in [2.05, 4.69) is 52.4 Å². The molecule has 0 heterocycles. The van der Waals surface area contributed by atoms with Gasteiger partial charge in [0.1, 0.15) is 0 Å². The highest BCUT2D eigenvalue weighted by Gasteiger charge is 2.29. The van der Waals surface area contributed by atoms with E-state index in [9.17, 15) is 0 Å². The maximum Gasteiger partial charge on any atom is 0.0175 e. The molecule has 0 spiro atoms. The first-order chi connectivity index (χ1) is 6.79. The van der Waals surface area contributed by atoms with E-state index in [1.54, 1.807) is 0 Å². The molecule has 1 aromatic carbocycles. The Morgan fingerprint density at radius 3 is 2.50 bits per heavy atom. The Morgan fingerprint density at radius 2 is 1.93 bits per heavy atom. The zero-order valence-corrected chi connectivity index (χ0v) is 10.0. The number of nitrogens with one attached hydrogen (secondary N) is 1. The summed E-state index contributed by atoms with van der Waals surface area (Å²) in [6.07, 6.45) is 2.60. The van der Waals surface area contributed by atoms with Crippen molar-refractivity contribution in [2.75, 3.05) is 6.54 Å². The Balaban J connectivity index is 1.90. The molecule has 76 valence electrons. The van der Waals surface area contributed by atoms with Gasteiger partial charge in [-0.3, -0.25) is 0 Å². The van der Waals surface area contributed by atoms with Crippen LogP contribution < -0.4 is 5.32 Å². The van der Waals surface area contributed by atoms with E-state index >= 15 is 0 Å². The Hall–Kier alpha value is -0.340. The summed E-state index contributed by atoms with van der Waals surface area (Å²) in [4.78, 5) is 0. The van der Waals surface area contributed by atoms with E-state index in [4.69, 9.17) is 0 Å². The molecule has 1 aromatic rings. The second kappa shape index (κ2) is 4.45. The van der Waals surface area contributed by atoms with Crippen LogP contribution in [0.4, 0.5) is 0 Å². The summed E-state index contributed by atoms with van der Waals surface area (Å²) >= 11 is 3.46. The van der Waals surface area contributed by atoms with E-state index in [-0.39, 0.29) is 0 Å². The Morgan fingerprint density at radius 1 is 1.29 bits per heavy atom. The molecular weight excluding hydrogens is 238 g/mol. The van der Waals surface area contributed by atoms with Crippen molar-refractivity contribution in [3.05, 3.63) is 34.3 Å². The first kappa shape index (κ1) is 10.2. The van der Waals surface area contributed by atoms with Crippen molar-refractivity contribution in [1.29, 1.82) is 0 Å². The number of halogens is 1. The lowest BCUT2D eigenvalue weighted by Crippen LogP contribution is -2.39. The van der Waals surface area contributed by atoms with E-state index < -0.39 is 0 Å². The molecule has 0 atom stereocenters. The van der Waals surface area contributed by atoms with Crippen LogP contribution in [0.2, 0.25) is 0 Å². The van der Waals surface area contributed by atoms with E-state index in [0.717, 1.165) is 18.5 Å². The van der Waals surface area contributed by atoms with Gasteiger partial charge in [0.05, 0.1) is 0 Å². The maximum absolute atomic E-state index is 3.48. The summed E-state index contributed by atoms with van der Waals surface area (Å²) in [5.41, 5.74) is 1.49. The van der Waals surface area contributed by atoms with Gasteiger partial charge in [0.15, 0.2) is 0 Å². The van der Waals surface area contributed by atoms with Gasteiger partial charge in [0.25, 0.3) is 0 Å². The topological polar surface area (TPSA) is 12.0 Å². The zero-order chi connectivity index (χ0) is 9.97. The molecule has 0 amide bonds. The molecule has 0 saturated heterocycles. The summed E-state index contributed by atoms with van der Waals surface area (Å²) in [7, 11) is 0. The third kappa shape index (κ3) is 2.18. The average Bonchev–Trinajstić information content (AvgIpc) is 2.13. The molecule has 1 saturated carbocycles. The minimum atomic E-state index is 0.758. The first-order valence-electron chi connectivity index (χ1n) is 5.28. The molecule has 1 fully saturated rings. The quantitative estimate of drug-likeness (QED) is 0.872. The highest BCUT2D eigenvalue weighted by Crippen LogP contribution is 2.36. The molecule has 1 aliphatic carbocycles. The molecule has 1 nitrogen and oxygen atoms in total. The molecule has 1 N–H and O–H groups in total. The minimum Gasteiger partial charge on any atom is -0.314 e. The van der Waals surface area contributed by atoms with Gasteiger partial charge in [-0.15, -0.1) is 0 Å². The summed E-state index contributed by atoms with van der Waals surface area (Å²) in [6, 6.07) is 9.49. The Labute approximate surface area is 94.0 Å². The normalized spacial score (nSPS) is 25.9. The number of rotatable bonds is 3. The highest BCUT2D eigenvalue weighted by molar-refractivity contribution is 9.10. The number of benzene rings is 1. The van der Waals surface area contributed by atoms with Crippen LogP contribution in [0.1, 0.15) is 31.2 Å². The highest BCUT2D eigenvalue weighted by atomic mass is 79.9. The minimum absolute atomic E-state index is 0.758. The van der Waals surface area contributed by atoms with Crippen molar-refractivity contribution >= 4 is 15.9 Å². The van der Waals surface area contributed by atoms with Crippen LogP contribution in [0, 0.1) is 0 Å². The van der Waals surface area contributed by atoms with Gasteiger partial charge in [-0.1, -0.05) is 35.0 Å². The largest absolute Gasteiger partial charge is 0.314 e. The lowest BCUT2D eigenvalue weighted by atomic mass is 9.76. The predicted octanol–water partition coefficient (Wildman–Crippen LogP) is 3.30. The molecule has 1 aliphatic rings. The molecule has 0 aromatic heterocycles. The van der Waals surface area contributed by atoms with Crippen LogP contribution in [0.15, 0.2) is 28.7 Å². The molecule has 0 unspecified atom stereocenters. The smallest absolute Gasteiger partial charge is 0.0175 e. The van der Waals surface area contributed by atoms with Gasteiger partial charge < -0.3 is 5.32 Å². The van der Waals surface area contributed by atoms with Crippen molar-refractivity contribution in [1.82, 2.24) is 5.32 Å². The zero-order valence-electron chi connectivity index (χ0n) is 8.46. The van der Waals surface area contributed by atoms with Crippen molar-refractivity contribution in [3.63, 3.8) is 0 Å². The van der Waals surface area contributed by atoms with E-state index in [1.807, 2.05) is 0 Å². The second-order valence-corrected chi connectivity index (χ2v) is 4.89. The second-order valence-electron chi connectivity index (χ2n) is 3.97. The van der Waals surface area contributed by atoms with Crippen LogP contribution in [-0.2, 0) is 0 Å². The third-order valence-corrected chi connectivity index (χ3v) is 3.50. The molecule has 0 aliphatic heterocycles. The SMILES string of the molecule is CCNC1CC(c2ccc(Br)cc2)C1. The summed E-state index contributed by atoms with van der Waals surface area (Å²) in [6.45, 7) is 3.27. The van der Waals surface area contributed by atoms with Gasteiger partial charge in [-0.2, -0.15) is 0 Å². The van der Waals surface area contributed by atoms with Crippen LogP contribution in [-0.4, -0.2) is 12.6 Å². The monoisotopic (exact) mass is 253 g/mol. The Bertz CT molecular complexity index is 288. The molecule has 14 heavy (non-hydrogen) atoms. The fraction of sp³-hybridized carbons (Fsp3) is 0.500. The van der Waals surface area contributed by atoms with Gasteiger partial charge in [0.2, 0.25) is 0 Å². The number of hydrogen-bond acceptors (Lipinski definition) is 1. The van der Waals surface area contributed by atoms with Crippen molar-refractivity contribution in [3.8, 4) is 0 Å². The number of hydrogen-bond donors (Lipinski definition) is 1. The van der Waals surface area contributed by atoms with Crippen LogP contribution >= 0.6 is 15.9 Å². The Kier molecular flexibility index (Phi) is 3.24. The molecular formula is C12H16BrN. The molecule has 2 heteroatoms. The third-order valence-electron chi connectivity index (χ3n) is 2.97. The summed E-state index contributed by atoms with van der Waals surface area (Å²) in [5, 5.41) is 3.48. The van der Waals surface area contributed by atoms with Gasteiger partial charge in [-0.25, -0.2) is 0 Å². The van der Waals surface area contributed by atoms with Crippen LogP contribution in [0.25, 0.3) is 0 Å². The van der Waals surface area contributed by atoms with Crippen LogP contribution in [0.5, 0.6) is 0 Å². The van der Waals surface area contributed by atoms with E-state index in [0.29, 0.717) is 0 Å². The summed E-state index contributed by atoms with van der Waals surface area (Å²) in [5.74, 6) is 0.784. The van der Waals surface area contributed by atoms with E-state index in [1.165, 1.54) is 22.9 Å². The molecule has 0 radical (unpaired) electrons. The van der Waals surface area contributed by atoms with Gasteiger partial charge in [-0.05, 0) is 43.0 Å². The van der Waals surface area contributed by atoms with Gasteiger partial charge in [0, 0.05) is 10.5 Å². The lowest BCUT2D eigenvalue weighted by molar-refractivity contribution is 0.296. The fourth-order valence-electron chi connectivity index (χ4n) is 2.08. The molecule has 0 bridgehead atoms. The van der Waals surface area contributed by atoms with Crippen molar-refractivity contribution < 1.29 is 0 Å².